The van der Waals surface area contributed by atoms with Gasteiger partial charge in [-0.05, 0) is 55.2 Å². The predicted molar refractivity (Wildman–Crippen MR) is 85.0 cm³/mol. The van der Waals surface area contributed by atoms with Crippen LogP contribution < -0.4 is 4.74 Å². The zero-order valence-electron chi connectivity index (χ0n) is 13.4. The summed E-state index contributed by atoms with van der Waals surface area (Å²) in [5.74, 6) is 1.28. The topological polar surface area (TPSA) is 66.8 Å². The third-order valence-corrected chi connectivity index (χ3v) is 4.63. The molecule has 124 valence electrons. The third kappa shape index (κ3) is 4.24. The molecule has 1 N–H and O–H groups in total. The van der Waals surface area contributed by atoms with Crippen LogP contribution in [0.1, 0.15) is 31.2 Å². The molecule has 2 fully saturated rings. The molecule has 23 heavy (non-hydrogen) atoms. The van der Waals surface area contributed by atoms with Crippen molar-refractivity contribution in [2.45, 2.75) is 32.2 Å². The zero-order valence-corrected chi connectivity index (χ0v) is 13.4. The Morgan fingerprint density at radius 1 is 1.17 bits per heavy atom. The molecular formula is C18H23NO4. The summed E-state index contributed by atoms with van der Waals surface area (Å²) in [4.78, 5) is 25.0. The van der Waals surface area contributed by atoms with Crippen LogP contribution in [0.25, 0.3) is 0 Å². The first kappa shape index (κ1) is 15.8. The van der Waals surface area contributed by atoms with Crippen molar-refractivity contribution in [3.05, 3.63) is 29.8 Å². The van der Waals surface area contributed by atoms with Gasteiger partial charge in [-0.2, -0.15) is 0 Å². The first-order chi connectivity index (χ1) is 11.0. The molecule has 0 spiro atoms. The summed E-state index contributed by atoms with van der Waals surface area (Å²) in [6.45, 7) is 0.232. The van der Waals surface area contributed by atoms with E-state index in [-0.39, 0.29) is 18.4 Å². The summed E-state index contributed by atoms with van der Waals surface area (Å²) in [5, 5.41) is 8.59. The minimum Gasteiger partial charge on any atom is -0.482 e. The lowest BCUT2D eigenvalue weighted by Crippen LogP contribution is -2.34. The molecule has 0 unspecified atom stereocenters. The monoisotopic (exact) mass is 317 g/mol. The third-order valence-electron chi connectivity index (χ3n) is 4.63. The SMILES string of the molecule is CN(Cc1ccc(OCC(=O)O)cc1)C(=O)C(C1CC1)C1CC1. The number of hydrogen-bond acceptors (Lipinski definition) is 3. The first-order valence-corrected chi connectivity index (χ1v) is 8.23. The maximum Gasteiger partial charge on any atom is 0.341 e. The van der Waals surface area contributed by atoms with E-state index >= 15 is 0 Å². The molecule has 0 radical (unpaired) electrons. The number of carbonyl (C=O) groups excluding carboxylic acids is 1. The van der Waals surface area contributed by atoms with Gasteiger partial charge in [0.15, 0.2) is 6.61 Å². The van der Waals surface area contributed by atoms with E-state index in [9.17, 15) is 9.59 Å². The molecule has 3 rings (SSSR count). The fourth-order valence-corrected chi connectivity index (χ4v) is 3.14. The fourth-order valence-electron chi connectivity index (χ4n) is 3.14. The molecular weight excluding hydrogens is 294 g/mol. The number of nitrogens with zero attached hydrogens (tertiary/aromatic N) is 1. The lowest BCUT2D eigenvalue weighted by Gasteiger charge is -2.24. The summed E-state index contributed by atoms with van der Waals surface area (Å²) < 4.78 is 5.11. The molecule has 5 heteroatoms. The lowest BCUT2D eigenvalue weighted by molar-refractivity contribution is -0.139. The standard InChI is InChI=1S/C18H23NO4/c1-19(18(22)17(13-4-5-13)14-6-7-14)10-12-2-8-15(9-3-12)23-11-16(20)21/h2-3,8-9,13-14,17H,4-7,10-11H2,1H3,(H,20,21). The summed E-state index contributed by atoms with van der Waals surface area (Å²) in [6, 6.07) is 7.25. The minimum absolute atomic E-state index is 0.234. The number of aliphatic carboxylic acids is 1. The van der Waals surface area contributed by atoms with Crippen molar-refractivity contribution in [3.63, 3.8) is 0 Å². The van der Waals surface area contributed by atoms with Crippen LogP contribution in [0.5, 0.6) is 5.75 Å². The second-order valence-electron chi connectivity index (χ2n) is 6.72. The number of amides is 1. The van der Waals surface area contributed by atoms with Crippen molar-refractivity contribution in [2.75, 3.05) is 13.7 Å². The van der Waals surface area contributed by atoms with Crippen LogP contribution in [0.3, 0.4) is 0 Å². The van der Waals surface area contributed by atoms with Crippen LogP contribution in [-0.2, 0) is 16.1 Å². The Bertz CT molecular complexity index is 563. The Labute approximate surface area is 136 Å². The van der Waals surface area contributed by atoms with Gasteiger partial charge in [0.2, 0.25) is 5.91 Å². The number of ether oxygens (including phenoxy) is 1. The highest BCUT2D eigenvalue weighted by Crippen LogP contribution is 2.49. The summed E-state index contributed by atoms with van der Waals surface area (Å²) >= 11 is 0. The van der Waals surface area contributed by atoms with Gasteiger partial charge in [-0.25, -0.2) is 4.79 Å². The Hall–Kier alpha value is -2.04. The molecule has 1 amide bonds. The Balaban J connectivity index is 1.55. The van der Waals surface area contributed by atoms with E-state index in [2.05, 4.69) is 0 Å². The van der Waals surface area contributed by atoms with Gasteiger partial charge in [-0.15, -0.1) is 0 Å². The highest BCUT2D eigenvalue weighted by atomic mass is 16.5. The second-order valence-corrected chi connectivity index (χ2v) is 6.72. The number of carbonyl (C=O) groups is 2. The number of carboxylic acid groups (broad SMARTS) is 1. The molecule has 2 aliphatic carbocycles. The highest BCUT2D eigenvalue weighted by Gasteiger charge is 2.46. The van der Waals surface area contributed by atoms with E-state index < -0.39 is 5.97 Å². The van der Waals surface area contributed by atoms with Crippen molar-refractivity contribution in [1.29, 1.82) is 0 Å². The number of carboxylic acids is 1. The second kappa shape index (κ2) is 6.60. The van der Waals surface area contributed by atoms with Crippen molar-refractivity contribution >= 4 is 11.9 Å². The molecule has 0 bridgehead atoms. The van der Waals surface area contributed by atoms with E-state index in [1.807, 2.05) is 24.1 Å². The molecule has 2 saturated carbocycles. The molecule has 0 aliphatic heterocycles. The quantitative estimate of drug-likeness (QED) is 0.800. The van der Waals surface area contributed by atoms with Gasteiger partial charge in [0.1, 0.15) is 5.75 Å². The number of hydrogen-bond donors (Lipinski definition) is 1. The van der Waals surface area contributed by atoms with Crippen LogP contribution in [0.4, 0.5) is 0 Å². The van der Waals surface area contributed by atoms with Crippen molar-refractivity contribution in [3.8, 4) is 5.75 Å². The van der Waals surface area contributed by atoms with E-state index in [1.165, 1.54) is 25.7 Å². The molecule has 0 saturated heterocycles. The van der Waals surface area contributed by atoms with Crippen molar-refractivity contribution < 1.29 is 19.4 Å². The Morgan fingerprint density at radius 2 is 1.74 bits per heavy atom. The van der Waals surface area contributed by atoms with Gasteiger partial charge in [-0.1, -0.05) is 12.1 Å². The Kier molecular flexibility index (Phi) is 4.55. The normalized spacial score (nSPS) is 17.1. The molecule has 0 aromatic heterocycles. The van der Waals surface area contributed by atoms with E-state index in [4.69, 9.17) is 9.84 Å². The van der Waals surface area contributed by atoms with Crippen molar-refractivity contribution in [2.24, 2.45) is 17.8 Å². The molecule has 0 atom stereocenters. The first-order valence-electron chi connectivity index (χ1n) is 8.23. The maximum atomic E-state index is 12.7. The summed E-state index contributed by atoms with van der Waals surface area (Å²) in [6.07, 6.45) is 4.82. The average Bonchev–Trinajstić information content (AvgIpc) is 3.41. The van der Waals surface area contributed by atoms with E-state index in [0.717, 1.165) is 5.56 Å². The van der Waals surface area contributed by atoms with Crippen LogP contribution in [0.15, 0.2) is 24.3 Å². The smallest absolute Gasteiger partial charge is 0.341 e. The number of benzene rings is 1. The van der Waals surface area contributed by atoms with E-state index in [0.29, 0.717) is 24.1 Å². The van der Waals surface area contributed by atoms with Crippen LogP contribution in [0.2, 0.25) is 0 Å². The maximum absolute atomic E-state index is 12.7. The highest BCUT2D eigenvalue weighted by molar-refractivity contribution is 5.80. The molecule has 0 heterocycles. The van der Waals surface area contributed by atoms with Gasteiger partial charge in [0, 0.05) is 19.5 Å². The number of rotatable bonds is 8. The van der Waals surface area contributed by atoms with Gasteiger partial charge < -0.3 is 14.7 Å². The zero-order chi connectivity index (χ0) is 16.4. The molecule has 1 aromatic carbocycles. The van der Waals surface area contributed by atoms with Gasteiger partial charge in [-0.3, -0.25) is 4.79 Å². The molecule has 1 aromatic rings. The van der Waals surface area contributed by atoms with Crippen molar-refractivity contribution in [1.82, 2.24) is 4.90 Å². The fraction of sp³-hybridized carbons (Fsp3) is 0.556. The average molecular weight is 317 g/mol. The van der Waals surface area contributed by atoms with Gasteiger partial charge in [0.25, 0.3) is 0 Å². The lowest BCUT2D eigenvalue weighted by atomic mass is 9.96. The summed E-state index contributed by atoms with van der Waals surface area (Å²) in [7, 11) is 1.87. The van der Waals surface area contributed by atoms with E-state index in [1.54, 1.807) is 12.1 Å². The largest absolute Gasteiger partial charge is 0.482 e. The van der Waals surface area contributed by atoms with Crippen LogP contribution in [0, 0.1) is 17.8 Å². The van der Waals surface area contributed by atoms with Crippen LogP contribution >= 0.6 is 0 Å². The minimum atomic E-state index is -0.995. The predicted octanol–water partition coefficient (Wildman–Crippen LogP) is 2.54. The van der Waals surface area contributed by atoms with Gasteiger partial charge >= 0.3 is 5.97 Å². The molecule has 5 nitrogen and oxygen atoms in total. The van der Waals surface area contributed by atoms with Crippen LogP contribution in [-0.4, -0.2) is 35.5 Å². The Morgan fingerprint density at radius 3 is 2.22 bits per heavy atom. The molecule has 2 aliphatic rings. The van der Waals surface area contributed by atoms with Gasteiger partial charge in [0.05, 0.1) is 0 Å². The summed E-state index contributed by atoms with van der Waals surface area (Å²) in [5.41, 5.74) is 1.02.